The number of hydrogen-bond donors (Lipinski definition) is 1. The predicted octanol–water partition coefficient (Wildman–Crippen LogP) is 3.30. The van der Waals surface area contributed by atoms with Gasteiger partial charge in [0.2, 0.25) is 0 Å². The molecule has 0 aromatic heterocycles. The molecule has 0 saturated heterocycles. The van der Waals surface area contributed by atoms with Gasteiger partial charge in [-0.3, -0.25) is 4.99 Å². The Morgan fingerprint density at radius 3 is 2.26 bits per heavy atom. The van der Waals surface area contributed by atoms with E-state index in [-0.39, 0.29) is 0 Å². The van der Waals surface area contributed by atoms with Crippen LogP contribution in [0.1, 0.15) is 11.1 Å². The molecule has 0 bridgehead atoms. The van der Waals surface area contributed by atoms with Gasteiger partial charge >= 0.3 is 0 Å². The monoisotopic (exact) mass is 250 g/mol. The highest BCUT2D eigenvalue weighted by molar-refractivity contribution is 5.95. The summed E-state index contributed by atoms with van der Waals surface area (Å²) in [5, 5.41) is 0. The van der Waals surface area contributed by atoms with Crippen molar-refractivity contribution in [3.05, 3.63) is 77.9 Å². The van der Waals surface area contributed by atoms with Crippen LogP contribution in [-0.2, 0) is 6.42 Å². The molecule has 0 amide bonds. The fraction of sp³-hybridized carbons (Fsp3) is 0.118. The molecule has 2 rings (SSSR count). The topological polar surface area (TPSA) is 38.4 Å². The number of nitrogens with zero attached hydrogens (tertiary/aromatic N) is 1. The molecule has 2 heteroatoms. The second-order valence-electron chi connectivity index (χ2n) is 4.29. The normalized spacial score (nSPS) is 11.9. The Labute approximate surface area is 114 Å². The fourth-order valence-corrected chi connectivity index (χ4v) is 1.76. The molecule has 0 aliphatic rings. The summed E-state index contributed by atoms with van der Waals surface area (Å²) in [5.74, 6) is 0.569. The number of rotatable bonds is 5. The van der Waals surface area contributed by atoms with Crippen molar-refractivity contribution in [2.75, 3.05) is 6.54 Å². The van der Waals surface area contributed by atoms with E-state index in [4.69, 9.17) is 5.73 Å². The summed E-state index contributed by atoms with van der Waals surface area (Å²) in [6.07, 6.45) is 4.74. The number of aliphatic imine (C=N–C) groups is 1. The van der Waals surface area contributed by atoms with Crippen molar-refractivity contribution >= 4 is 11.9 Å². The van der Waals surface area contributed by atoms with Gasteiger partial charge in [0, 0.05) is 6.54 Å². The molecule has 19 heavy (non-hydrogen) atoms. The Morgan fingerprint density at radius 1 is 0.947 bits per heavy atom. The van der Waals surface area contributed by atoms with E-state index in [9.17, 15) is 0 Å². The summed E-state index contributed by atoms with van der Waals surface area (Å²) in [5.41, 5.74) is 8.26. The van der Waals surface area contributed by atoms with E-state index in [1.807, 2.05) is 60.7 Å². The highest BCUT2D eigenvalue weighted by Crippen LogP contribution is 2.01. The van der Waals surface area contributed by atoms with Crippen LogP contribution in [0.5, 0.6) is 0 Å². The molecule has 2 nitrogen and oxygen atoms in total. The minimum absolute atomic E-state index is 0.569. The van der Waals surface area contributed by atoms with Crippen LogP contribution in [0.25, 0.3) is 6.08 Å². The molecule has 96 valence electrons. The van der Waals surface area contributed by atoms with Crippen molar-refractivity contribution in [1.29, 1.82) is 0 Å². The lowest BCUT2D eigenvalue weighted by atomic mass is 10.1. The first-order valence-corrected chi connectivity index (χ1v) is 6.41. The molecule has 2 aromatic rings. The Bertz CT molecular complexity index is 542. The number of hydrogen-bond acceptors (Lipinski definition) is 1. The minimum Gasteiger partial charge on any atom is -0.384 e. The molecule has 0 heterocycles. The van der Waals surface area contributed by atoms with E-state index in [0.29, 0.717) is 5.84 Å². The van der Waals surface area contributed by atoms with Crippen molar-refractivity contribution in [3.63, 3.8) is 0 Å². The molecule has 2 aromatic carbocycles. The lowest BCUT2D eigenvalue weighted by molar-refractivity contribution is 0.967. The molecule has 0 atom stereocenters. The third kappa shape index (κ3) is 4.80. The Balaban J connectivity index is 1.85. The first-order chi connectivity index (χ1) is 9.34. The quantitative estimate of drug-likeness (QED) is 0.641. The van der Waals surface area contributed by atoms with Gasteiger partial charge in [0.1, 0.15) is 5.84 Å². The van der Waals surface area contributed by atoms with Crippen LogP contribution in [-0.4, -0.2) is 12.4 Å². The highest BCUT2D eigenvalue weighted by Gasteiger charge is 1.91. The zero-order valence-electron chi connectivity index (χ0n) is 10.9. The highest BCUT2D eigenvalue weighted by atomic mass is 14.8. The summed E-state index contributed by atoms with van der Waals surface area (Å²) in [6, 6.07) is 20.4. The van der Waals surface area contributed by atoms with Crippen LogP contribution < -0.4 is 5.73 Å². The summed E-state index contributed by atoms with van der Waals surface area (Å²) in [6.45, 7) is 0.717. The third-order valence-corrected chi connectivity index (χ3v) is 2.78. The van der Waals surface area contributed by atoms with Crippen LogP contribution in [0, 0.1) is 0 Å². The number of benzene rings is 2. The first-order valence-electron chi connectivity index (χ1n) is 6.41. The van der Waals surface area contributed by atoms with Crippen molar-refractivity contribution in [2.45, 2.75) is 6.42 Å². The standard InChI is InChI=1S/C17H18N2/c18-17(12-11-15-7-3-1-4-8-15)19-14-13-16-9-5-2-6-10-16/h1-12H,13-14H2,(H2,18,19)/b12-11+. The molecule has 2 N–H and O–H groups in total. The maximum Gasteiger partial charge on any atom is 0.118 e. The van der Waals surface area contributed by atoms with Crippen molar-refractivity contribution in [1.82, 2.24) is 0 Å². The van der Waals surface area contributed by atoms with Gasteiger partial charge in [-0.2, -0.15) is 0 Å². The van der Waals surface area contributed by atoms with E-state index in [0.717, 1.165) is 18.5 Å². The van der Waals surface area contributed by atoms with Crippen LogP contribution in [0.3, 0.4) is 0 Å². The second kappa shape index (κ2) is 7.17. The van der Waals surface area contributed by atoms with Crippen LogP contribution in [0.4, 0.5) is 0 Å². The van der Waals surface area contributed by atoms with E-state index in [1.165, 1.54) is 5.56 Å². The maximum atomic E-state index is 5.85. The Hall–Kier alpha value is -2.35. The van der Waals surface area contributed by atoms with Gasteiger partial charge < -0.3 is 5.73 Å². The molecular weight excluding hydrogens is 232 g/mol. The molecule has 0 saturated carbocycles. The summed E-state index contributed by atoms with van der Waals surface area (Å²) in [7, 11) is 0. The van der Waals surface area contributed by atoms with Gasteiger partial charge in [-0.25, -0.2) is 0 Å². The largest absolute Gasteiger partial charge is 0.384 e. The molecule has 0 radical (unpaired) electrons. The minimum atomic E-state index is 0.569. The van der Waals surface area contributed by atoms with Crippen LogP contribution >= 0.6 is 0 Å². The van der Waals surface area contributed by atoms with E-state index < -0.39 is 0 Å². The van der Waals surface area contributed by atoms with Gasteiger partial charge in [-0.1, -0.05) is 66.7 Å². The summed E-state index contributed by atoms with van der Waals surface area (Å²) in [4.78, 5) is 4.34. The van der Waals surface area contributed by atoms with Crippen molar-refractivity contribution in [2.24, 2.45) is 10.7 Å². The molecule has 0 spiro atoms. The van der Waals surface area contributed by atoms with Gasteiger partial charge in [0.05, 0.1) is 0 Å². The fourth-order valence-electron chi connectivity index (χ4n) is 1.76. The lowest BCUT2D eigenvalue weighted by Crippen LogP contribution is -2.09. The first kappa shape index (κ1) is 13.1. The van der Waals surface area contributed by atoms with Crippen molar-refractivity contribution < 1.29 is 0 Å². The average molecular weight is 250 g/mol. The lowest BCUT2D eigenvalue weighted by Gasteiger charge is -1.98. The smallest absolute Gasteiger partial charge is 0.118 e. The predicted molar refractivity (Wildman–Crippen MR) is 82.1 cm³/mol. The molecule has 0 aliphatic heterocycles. The molecule has 0 fully saturated rings. The van der Waals surface area contributed by atoms with E-state index in [1.54, 1.807) is 0 Å². The second-order valence-corrected chi connectivity index (χ2v) is 4.29. The maximum absolute atomic E-state index is 5.85. The van der Waals surface area contributed by atoms with Gasteiger partial charge in [0.25, 0.3) is 0 Å². The zero-order chi connectivity index (χ0) is 13.3. The summed E-state index contributed by atoms with van der Waals surface area (Å²) < 4.78 is 0. The molecule has 0 unspecified atom stereocenters. The van der Waals surface area contributed by atoms with E-state index in [2.05, 4.69) is 17.1 Å². The summed E-state index contributed by atoms with van der Waals surface area (Å²) >= 11 is 0. The number of amidine groups is 1. The van der Waals surface area contributed by atoms with Crippen molar-refractivity contribution in [3.8, 4) is 0 Å². The average Bonchev–Trinajstić information content (AvgIpc) is 2.47. The SMILES string of the molecule is NC(/C=C/c1ccccc1)=NCCc1ccccc1. The Morgan fingerprint density at radius 2 is 1.58 bits per heavy atom. The number of nitrogens with two attached hydrogens (primary N) is 1. The zero-order valence-corrected chi connectivity index (χ0v) is 10.9. The molecular formula is C17H18N2. The van der Waals surface area contributed by atoms with Crippen LogP contribution in [0.2, 0.25) is 0 Å². The Kier molecular flexibility index (Phi) is 4.94. The van der Waals surface area contributed by atoms with Gasteiger partial charge in [-0.05, 0) is 23.6 Å². The third-order valence-electron chi connectivity index (χ3n) is 2.78. The van der Waals surface area contributed by atoms with E-state index >= 15 is 0 Å². The van der Waals surface area contributed by atoms with Gasteiger partial charge in [0.15, 0.2) is 0 Å². The van der Waals surface area contributed by atoms with Gasteiger partial charge in [-0.15, -0.1) is 0 Å². The van der Waals surface area contributed by atoms with Crippen LogP contribution in [0.15, 0.2) is 71.7 Å². The molecule has 0 aliphatic carbocycles.